The summed E-state index contributed by atoms with van der Waals surface area (Å²) in [5.41, 5.74) is -0.470. The van der Waals surface area contributed by atoms with E-state index >= 15 is 0 Å². The van der Waals surface area contributed by atoms with Crippen LogP contribution >= 0.6 is 0 Å². The van der Waals surface area contributed by atoms with Crippen LogP contribution in [0.5, 0.6) is 0 Å². The van der Waals surface area contributed by atoms with E-state index in [1.165, 1.54) is 13.0 Å². The SMILES string of the molecule is Cn1ccnc1CCC1(O)CCN2CCCC21. The Morgan fingerprint density at radius 3 is 3.18 bits per heavy atom. The van der Waals surface area contributed by atoms with Gasteiger partial charge in [-0.05, 0) is 32.2 Å². The van der Waals surface area contributed by atoms with Gasteiger partial charge in [0.2, 0.25) is 0 Å². The summed E-state index contributed by atoms with van der Waals surface area (Å²) < 4.78 is 2.05. The average molecular weight is 235 g/mol. The highest BCUT2D eigenvalue weighted by Crippen LogP contribution is 2.38. The molecule has 0 bridgehead atoms. The monoisotopic (exact) mass is 235 g/mol. The van der Waals surface area contributed by atoms with Gasteiger partial charge in [0.25, 0.3) is 0 Å². The molecule has 2 aliphatic heterocycles. The fourth-order valence-electron chi connectivity index (χ4n) is 3.46. The molecule has 0 aliphatic carbocycles. The zero-order valence-corrected chi connectivity index (χ0v) is 10.5. The lowest BCUT2D eigenvalue weighted by atomic mass is 9.88. The maximum Gasteiger partial charge on any atom is 0.108 e. The maximum absolute atomic E-state index is 10.8. The summed E-state index contributed by atoms with van der Waals surface area (Å²) in [5, 5.41) is 10.8. The molecule has 0 aromatic carbocycles. The second-order valence-electron chi connectivity index (χ2n) is 5.50. The number of aryl methyl sites for hydroxylation is 2. The van der Waals surface area contributed by atoms with Crippen LogP contribution in [0.15, 0.2) is 12.4 Å². The quantitative estimate of drug-likeness (QED) is 0.848. The highest BCUT2D eigenvalue weighted by molar-refractivity contribution is 5.04. The minimum absolute atomic E-state index is 0.405. The van der Waals surface area contributed by atoms with Gasteiger partial charge in [-0.1, -0.05) is 0 Å². The lowest BCUT2D eigenvalue weighted by Gasteiger charge is -2.29. The van der Waals surface area contributed by atoms with Crippen molar-refractivity contribution in [1.82, 2.24) is 14.5 Å². The van der Waals surface area contributed by atoms with Crippen LogP contribution in [0.1, 0.15) is 31.5 Å². The summed E-state index contributed by atoms with van der Waals surface area (Å²) in [6, 6.07) is 0.405. The zero-order valence-electron chi connectivity index (χ0n) is 10.5. The van der Waals surface area contributed by atoms with Crippen molar-refractivity contribution in [2.24, 2.45) is 7.05 Å². The van der Waals surface area contributed by atoms with Gasteiger partial charge in [0.05, 0.1) is 5.60 Å². The molecule has 4 heteroatoms. The topological polar surface area (TPSA) is 41.3 Å². The Hall–Kier alpha value is -0.870. The van der Waals surface area contributed by atoms with E-state index < -0.39 is 5.60 Å². The van der Waals surface area contributed by atoms with Crippen molar-refractivity contribution in [3.8, 4) is 0 Å². The number of fused-ring (bicyclic) bond motifs is 1. The smallest absolute Gasteiger partial charge is 0.108 e. The third-order valence-electron chi connectivity index (χ3n) is 4.52. The van der Waals surface area contributed by atoms with Gasteiger partial charge in [0, 0.05) is 38.4 Å². The highest BCUT2D eigenvalue weighted by atomic mass is 16.3. The first-order valence-corrected chi connectivity index (χ1v) is 6.62. The molecular formula is C13H21N3O. The van der Waals surface area contributed by atoms with E-state index in [9.17, 15) is 5.11 Å². The average Bonchev–Trinajstić information content (AvgIpc) is 2.97. The largest absolute Gasteiger partial charge is 0.388 e. The summed E-state index contributed by atoms with van der Waals surface area (Å²) in [5.74, 6) is 1.08. The van der Waals surface area contributed by atoms with Crippen molar-refractivity contribution in [1.29, 1.82) is 0 Å². The van der Waals surface area contributed by atoms with E-state index in [-0.39, 0.29) is 0 Å². The van der Waals surface area contributed by atoms with Crippen LogP contribution < -0.4 is 0 Å². The Balaban J connectivity index is 1.66. The van der Waals surface area contributed by atoms with Crippen LogP contribution in [0, 0.1) is 0 Å². The second-order valence-corrected chi connectivity index (χ2v) is 5.50. The van der Waals surface area contributed by atoms with Crippen molar-refractivity contribution in [3.63, 3.8) is 0 Å². The van der Waals surface area contributed by atoms with Crippen LogP contribution in [0.3, 0.4) is 0 Å². The molecule has 1 aromatic rings. The summed E-state index contributed by atoms with van der Waals surface area (Å²) in [6.07, 6.45) is 8.86. The van der Waals surface area contributed by atoms with Crippen molar-refractivity contribution >= 4 is 0 Å². The first-order chi connectivity index (χ1) is 8.19. The predicted molar refractivity (Wildman–Crippen MR) is 65.7 cm³/mol. The molecule has 1 aromatic heterocycles. The van der Waals surface area contributed by atoms with Crippen LogP contribution in [0.2, 0.25) is 0 Å². The van der Waals surface area contributed by atoms with Gasteiger partial charge in [0.15, 0.2) is 0 Å². The molecule has 0 spiro atoms. The number of hydrogen-bond acceptors (Lipinski definition) is 3. The third kappa shape index (κ3) is 1.89. The van der Waals surface area contributed by atoms with E-state index in [0.29, 0.717) is 6.04 Å². The highest BCUT2D eigenvalue weighted by Gasteiger charge is 2.47. The summed E-state index contributed by atoms with van der Waals surface area (Å²) >= 11 is 0. The molecule has 0 saturated carbocycles. The Morgan fingerprint density at radius 1 is 1.53 bits per heavy atom. The van der Waals surface area contributed by atoms with E-state index in [0.717, 1.165) is 38.1 Å². The third-order valence-corrected chi connectivity index (χ3v) is 4.52. The van der Waals surface area contributed by atoms with E-state index in [1.54, 1.807) is 0 Å². The summed E-state index contributed by atoms with van der Waals surface area (Å²) in [6.45, 7) is 2.25. The normalized spacial score (nSPS) is 33.2. The van der Waals surface area contributed by atoms with Crippen molar-refractivity contribution in [2.75, 3.05) is 13.1 Å². The number of imidazole rings is 1. The van der Waals surface area contributed by atoms with Gasteiger partial charge in [-0.2, -0.15) is 0 Å². The molecule has 0 amide bonds. The Morgan fingerprint density at radius 2 is 2.41 bits per heavy atom. The van der Waals surface area contributed by atoms with E-state index in [1.807, 2.05) is 24.0 Å². The molecule has 94 valence electrons. The van der Waals surface area contributed by atoms with Crippen molar-refractivity contribution in [3.05, 3.63) is 18.2 Å². The number of aliphatic hydroxyl groups is 1. The van der Waals surface area contributed by atoms with Gasteiger partial charge in [-0.15, -0.1) is 0 Å². The first kappa shape index (κ1) is 11.2. The Bertz CT molecular complexity index is 403. The minimum atomic E-state index is -0.470. The van der Waals surface area contributed by atoms with Crippen LogP contribution in [0.4, 0.5) is 0 Å². The maximum atomic E-state index is 10.8. The van der Waals surface area contributed by atoms with Gasteiger partial charge < -0.3 is 9.67 Å². The molecule has 2 aliphatic rings. The minimum Gasteiger partial charge on any atom is -0.388 e. The molecule has 2 unspecified atom stereocenters. The lowest BCUT2D eigenvalue weighted by Crippen LogP contribution is -2.41. The molecule has 4 nitrogen and oxygen atoms in total. The molecular weight excluding hydrogens is 214 g/mol. The molecule has 1 N–H and O–H groups in total. The fraction of sp³-hybridized carbons (Fsp3) is 0.769. The molecule has 3 heterocycles. The van der Waals surface area contributed by atoms with Gasteiger partial charge in [-0.25, -0.2) is 4.98 Å². The lowest BCUT2D eigenvalue weighted by molar-refractivity contribution is 0.00558. The molecule has 0 radical (unpaired) electrons. The van der Waals surface area contributed by atoms with Gasteiger partial charge in [-0.3, -0.25) is 4.90 Å². The molecule has 17 heavy (non-hydrogen) atoms. The van der Waals surface area contributed by atoms with Crippen LogP contribution in [-0.4, -0.2) is 44.3 Å². The molecule has 3 rings (SSSR count). The number of nitrogens with zero attached hydrogens (tertiary/aromatic N) is 3. The summed E-state index contributed by atoms with van der Waals surface area (Å²) in [7, 11) is 2.02. The Labute approximate surface area is 102 Å². The number of rotatable bonds is 3. The van der Waals surface area contributed by atoms with Crippen molar-refractivity contribution in [2.45, 2.75) is 43.7 Å². The molecule has 2 atom stereocenters. The standard InChI is InChI=1S/C13H21N3O/c1-15-10-7-14-12(15)4-5-13(17)6-9-16-8-2-3-11(13)16/h7,10-11,17H,2-6,8-9H2,1H3. The second kappa shape index (κ2) is 4.10. The zero-order chi connectivity index (χ0) is 11.9. The van der Waals surface area contributed by atoms with Crippen LogP contribution in [0.25, 0.3) is 0 Å². The molecule has 2 fully saturated rings. The Kier molecular flexibility index (Phi) is 2.71. The fourth-order valence-corrected chi connectivity index (χ4v) is 3.46. The van der Waals surface area contributed by atoms with Crippen LogP contribution in [-0.2, 0) is 13.5 Å². The molecule has 2 saturated heterocycles. The predicted octanol–water partition coefficient (Wildman–Crippen LogP) is 0.952. The van der Waals surface area contributed by atoms with Gasteiger partial charge in [0.1, 0.15) is 5.82 Å². The van der Waals surface area contributed by atoms with E-state index in [2.05, 4.69) is 9.88 Å². The summed E-state index contributed by atoms with van der Waals surface area (Å²) in [4.78, 5) is 6.79. The number of hydrogen-bond donors (Lipinski definition) is 1. The number of aromatic nitrogens is 2. The van der Waals surface area contributed by atoms with E-state index in [4.69, 9.17) is 0 Å². The van der Waals surface area contributed by atoms with Gasteiger partial charge >= 0.3 is 0 Å². The van der Waals surface area contributed by atoms with Crippen molar-refractivity contribution < 1.29 is 5.11 Å². The first-order valence-electron chi connectivity index (χ1n) is 6.62.